The number of rotatable bonds is 1. The number of hydrogen-bond acceptors (Lipinski definition) is 4. The van der Waals surface area contributed by atoms with Crippen molar-refractivity contribution in [1.29, 1.82) is 0 Å². The van der Waals surface area contributed by atoms with E-state index in [0.717, 1.165) is 10.8 Å². The Morgan fingerprint density at radius 3 is 2.64 bits per heavy atom. The van der Waals surface area contributed by atoms with E-state index in [0.29, 0.717) is 5.56 Å². The number of benzene rings is 1. The van der Waals surface area contributed by atoms with Crippen LogP contribution in [0.3, 0.4) is 0 Å². The van der Waals surface area contributed by atoms with Gasteiger partial charge < -0.3 is 4.74 Å². The second-order valence-electron chi connectivity index (χ2n) is 2.82. The summed E-state index contributed by atoms with van der Waals surface area (Å²) in [4.78, 5) is 11.2. The number of ether oxygens (including phenoxy) is 1. The predicted molar refractivity (Wildman–Crippen MR) is 50.9 cm³/mol. The van der Waals surface area contributed by atoms with Crippen molar-refractivity contribution in [2.24, 2.45) is 0 Å². The van der Waals surface area contributed by atoms with Crippen LogP contribution in [0.1, 0.15) is 10.4 Å². The maximum Gasteiger partial charge on any atom is 0.337 e. The van der Waals surface area contributed by atoms with Gasteiger partial charge in [0.15, 0.2) is 0 Å². The summed E-state index contributed by atoms with van der Waals surface area (Å²) in [5, 5.41) is 9.31. The van der Waals surface area contributed by atoms with E-state index in [-0.39, 0.29) is 5.97 Å². The van der Waals surface area contributed by atoms with E-state index in [9.17, 15) is 4.79 Å². The van der Waals surface area contributed by atoms with E-state index in [2.05, 4.69) is 14.9 Å². The molecule has 2 rings (SSSR count). The lowest BCUT2D eigenvalue weighted by Crippen LogP contribution is -2.00. The molecular formula is C10H8N2O2. The van der Waals surface area contributed by atoms with Gasteiger partial charge in [0.05, 0.1) is 25.1 Å². The number of methoxy groups -OCH3 is 1. The van der Waals surface area contributed by atoms with Gasteiger partial charge in [-0.2, -0.15) is 10.2 Å². The van der Waals surface area contributed by atoms with Crippen LogP contribution in [0.15, 0.2) is 30.6 Å². The molecule has 1 heterocycles. The highest BCUT2D eigenvalue weighted by molar-refractivity contribution is 5.94. The standard InChI is InChI=1S/C10H8N2O2/c1-14-10(13)7-2-3-8-5-11-12-6-9(8)4-7/h2-6H,1H3. The Labute approximate surface area is 80.5 Å². The molecule has 0 atom stereocenters. The summed E-state index contributed by atoms with van der Waals surface area (Å²) in [6.07, 6.45) is 3.26. The van der Waals surface area contributed by atoms with Gasteiger partial charge in [0, 0.05) is 10.8 Å². The predicted octanol–water partition coefficient (Wildman–Crippen LogP) is 1.42. The van der Waals surface area contributed by atoms with Crippen molar-refractivity contribution in [2.45, 2.75) is 0 Å². The van der Waals surface area contributed by atoms with Gasteiger partial charge in [-0.15, -0.1) is 0 Å². The maximum absolute atomic E-state index is 11.2. The lowest BCUT2D eigenvalue weighted by atomic mass is 10.1. The fourth-order valence-corrected chi connectivity index (χ4v) is 1.24. The minimum absolute atomic E-state index is 0.344. The third-order valence-electron chi connectivity index (χ3n) is 1.97. The van der Waals surface area contributed by atoms with Crippen molar-refractivity contribution in [2.75, 3.05) is 7.11 Å². The molecule has 2 aromatic rings. The van der Waals surface area contributed by atoms with Crippen LogP contribution in [0, 0.1) is 0 Å². The maximum atomic E-state index is 11.2. The van der Waals surface area contributed by atoms with Gasteiger partial charge in [-0.1, -0.05) is 6.07 Å². The van der Waals surface area contributed by atoms with Gasteiger partial charge in [0.1, 0.15) is 0 Å². The molecule has 0 bridgehead atoms. The Morgan fingerprint density at radius 1 is 1.21 bits per heavy atom. The van der Waals surface area contributed by atoms with E-state index < -0.39 is 0 Å². The molecular weight excluding hydrogens is 180 g/mol. The molecule has 4 heteroatoms. The first-order valence-corrected chi connectivity index (χ1v) is 4.10. The topological polar surface area (TPSA) is 52.1 Å². The van der Waals surface area contributed by atoms with Crippen LogP contribution in [-0.4, -0.2) is 23.3 Å². The Bertz CT molecular complexity index is 482. The molecule has 0 radical (unpaired) electrons. The van der Waals surface area contributed by atoms with Crippen LogP contribution in [0.2, 0.25) is 0 Å². The summed E-state index contributed by atoms with van der Waals surface area (Å²) < 4.78 is 4.61. The molecule has 1 aromatic carbocycles. The molecule has 14 heavy (non-hydrogen) atoms. The summed E-state index contributed by atoms with van der Waals surface area (Å²) in [6, 6.07) is 5.25. The zero-order valence-corrected chi connectivity index (χ0v) is 7.60. The molecule has 0 aliphatic carbocycles. The number of fused-ring (bicyclic) bond motifs is 1. The van der Waals surface area contributed by atoms with Crippen LogP contribution in [0.4, 0.5) is 0 Å². The second-order valence-corrected chi connectivity index (χ2v) is 2.82. The van der Waals surface area contributed by atoms with E-state index in [1.54, 1.807) is 24.5 Å². The second kappa shape index (κ2) is 3.41. The SMILES string of the molecule is COC(=O)c1ccc2cnncc2c1. The fourth-order valence-electron chi connectivity index (χ4n) is 1.24. The Hall–Kier alpha value is -1.97. The van der Waals surface area contributed by atoms with E-state index in [1.165, 1.54) is 7.11 Å². The molecule has 0 aliphatic rings. The number of aromatic nitrogens is 2. The summed E-state index contributed by atoms with van der Waals surface area (Å²) in [7, 11) is 1.36. The third-order valence-corrected chi connectivity index (χ3v) is 1.97. The normalized spacial score (nSPS) is 10.1. The smallest absolute Gasteiger partial charge is 0.337 e. The summed E-state index contributed by atoms with van der Waals surface area (Å²) in [6.45, 7) is 0. The summed E-state index contributed by atoms with van der Waals surface area (Å²) >= 11 is 0. The van der Waals surface area contributed by atoms with Crippen LogP contribution in [0.5, 0.6) is 0 Å². The van der Waals surface area contributed by atoms with Gasteiger partial charge in [-0.3, -0.25) is 0 Å². The minimum Gasteiger partial charge on any atom is -0.465 e. The van der Waals surface area contributed by atoms with Crippen molar-refractivity contribution in [3.63, 3.8) is 0 Å². The number of esters is 1. The molecule has 0 fully saturated rings. The molecule has 0 unspecified atom stereocenters. The molecule has 4 nitrogen and oxygen atoms in total. The molecule has 1 aromatic heterocycles. The lowest BCUT2D eigenvalue weighted by molar-refractivity contribution is 0.0601. The minimum atomic E-state index is -0.344. The highest BCUT2D eigenvalue weighted by Crippen LogP contribution is 2.13. The Balaban J connectivity index is 2.56. The molecule has 0 spiro atoms. The number of hydrogen-bond donors (Lipinski definition) is 0. The first-order valence-electron chi connectivity index (χ1n) is 4.10. The van der Waals surface area contributed by atoms with Gasteiger partial charge in [0.2, 0.25) is 0 Å². The van der Waals surface area contributed by atoms with Crippen LogP contribution >= 0.6 is 0 Å². The lowest BCUT2D eigenvalue weighted by Gasteiger charge is -2.00. The Morgan fingerprint density at radius 2 is 1.93 bits per heavy atom. The zero-order valence-electron chi connectivity index (χ0n) is 7.60. The first-order chi connectivity index (χ1) is 6.81. The van der Waals surface area contributed by atoms with E-state index >= 15 is 0 Å². The van der Waals surface area contributed by atoms with Crippen LogP contribution < -0.4 is 0 Å². The number of nitrogens with zero attached hydrogens (tertiary/aromatic N) is 2. The van der Waals surface area contributed by atoms with Gasteiger partial charge in [-0.25, -0.2) is 4.79 Å². The molecule has 0 saturated heterocycles. The van der Waals surface area contributed by atoms with Gasteiger partial charge >= 0.3 is 5.97 Å². The van der Waals surface area contributed by atoms with Gasteiger partial charge in [-0.05, 0) is 12.1 Å². The number of carbonyl (C=O) groups is 1. The molecule has 0 saturated carbocycles. The van der Waals surface area contributed by atoms with Crippen molar-refractivity contribution in [1.82, 2.24) is 10.2 Å². The molecule has 0 amide bonds. The monoisotopic (exact) mass is 188 g/mol. The van der Waals surface area contributed by atoms with Crippen LogP contribution in [0.25, 0.3) is 10.8 Å². The Kier molecular flexibility index (Phi) is 2.10. The van der Waals surface area contributed by atoms with Crippen molar-refractivity contribution < 1.29 is 9.53 Å². The van der Waals surface area contributed by atoms with Crippen molar-refractivity contribution in [3.8, 4) is 0 Å². The largest absolute Gasteiger partial charge is 0.465 e. The molecule has 0 aliphatic heterocycles. The van der Waals surface area contributed by atoms with Gasteiger partial charge in [0.25, 0.3) is 0 Å². The average Bonchev–Trinajstić information content (AvgIpc) is 2.27. The molecule has 0 N–H and O–H groups in total. The third kappa shape index (κ3) is 1.42. The zero-order chi connectivity index (χ0) is 9.97. The first kappa shape index (κ1) is 8.62. The quantitative estimate of drug-likeness (QED) is 0.635. The van der Waals surface area contributed by atoms with Crippen molar-refractivity contribution in [3.05, 3.63) is 36.2 Å². The van der Waals surface area contributed by atoms with E-state index in [1.807, 2.05) is 6.07 Å². The van der Waals surface area contributed by atoms with Crippen LogP contribution in [-0.2, 0) is 4.74 Å². The fraction of sp³-hybridized carbons (Fsp3) is 0.100. The highest BCUT2D eigenvalue weighted by Gasteiger charge is 2.05. The van der Waals surface area contributed by atoms with Crippen molar-refractivity contribution >= 4 is 16.7 Å². The highest BCUT2D eigenvalue weighted by atomic mass is 16.5. The summed E-state index contributed by atoms with van der Waals surface area (Å²) in [5.74, 6) is -0.344. The summed E-state index contributed by atoms with van der Waals surface area (Å²) in [5.41, 5.74) is 0.521. The van der Waals surface area contributed by atoms with E-state index in [4.69, 9.17) is 0 Å². The molecule has 70 valence electrons. The average molecular weight is 188 g/mol. The number of carbonyl (C=O) groups excluding carboxylic acids is 1.